The molecular weight excluding hydrogens is 421 g/mol. The molecule has 0 saturated carbocycles. The zero-order valence-electron chi connectivity index (χ0n) is 17.6. The largest absolute Gasteiger partial charge is 0.505 e. The number of benzene rings is 2. The summed E-state index contributed by atoms with van der Waals surface area (Å²) >= 11 is 0. The second-order valence-corrected chi connectivity index (χ2v) is 6.89. The molecule has 0 spiro atoms. The second-order valence-electron chi connectivity index (χ2n) is 6.89. The highest BCUT2D eigenvalue weighted by atomic mass is 19.1. The lowest BCUT2D eigenvalue weighted by molar-refractivity contribution is -0.131. The molecule has 2 rings (SSSR count). The van der Waals surface area contributed by atoms with Crippen LogP contribution < -0.4 is 5.32 Å². The fourth-order valence-corrected chi connectivity index (χ4v) is 2.95. The second kappa shape index (κ2) is 11.6. The van der Waals surface area contributed by atoms with Gasteiger partial charge in [-0.25, -0.2) is 14.0 Å². The van der Waals surface area contributed by atoms with Crippen molar-refractivity contribution in [3.63, 3.8) is 0 Å². The first-order chi connectivity index (χ1) is 15.2. The number of amides is 1. The van der Waals surface area contributed by atoms with Gasteiger partial charge >= 0.3 is 12.1 Å². The molecule has 2 aromatic carbocycles. The molecule has 8 nitrogen and oxygen atoms in total. The SMILES string of the molecule is CO[C@@H](CC/C=C/C(=O)O)[C@@H](OC(=O)Nc1ccc(C(C)=O)cc1)c1ccc(O)c(F)c1. The molecule has 1 amide bonds. The molecule has 2 aromatic rings. The van der Waals surface area contributed by atoms with E-state index in [1.807, 2.05) is 0 Å². The van der Waals surface area contributed by atoms with Crippen LogP contribution in [0.4, 0.5) is 14.9 Å². The molecule has 0 aromatic heterocycles. The molecular formula is C23H24FNO7. The van der Waals surface area contributed by atoms with Crippen molar-refractivity contribution in [3.8, 4) is 5.75 Å². The molecule has 0 aliphatic heterocycles. The highest BCUT2D eigenvalue weighted by Crippen LogP contribution is 2.30. The van der Waals surface area contributed by atoms with E-state index in [2.05, 4.69) is 5.32 Å². The van der Waals surface area contributed by atoms with Gasteiger partial charge in [-0.15, -0.1) is 0 Å². The third-order valence-corrected chi connectivity index (χ3v) is 4.59. The van der Waals surface area contributed by atoms with Crippen LogP contribution in [0, 0.1) is 5.82 Å². The third kappa shape index (κ3) is 7.21. The van der Waals surface area contributed by atoms with Crippen LogP contribution in [-0.2, 0) is 14.3 Å². The number of nitrogens with one attached hydrogen (secondary N) is 1. The number of rotatable bonds is 10. The van der Waals surface area contributed by atoms with Crippen molar-refractivity contribution in [1.29, 1.82) is 0 Å². The van der Waals surface area contributed by atoms with Crippen LogP contribution in [0.3, 0.4) is 0 Å². The molecule has 0 radical (unpaired) electrons. The molecule has 9 heteroatoms. The smallest absolute Gasteiger partial charge is 0.412 e. The zero-order valence-corrected chi connectivity index (χ0v) is 17.6. The summed E-state index contributed by atoms with van der Waals surface area (Å²) in [5.41, 5.74) is 1.11. The lowest BCUT2D eigenvalue weighted by atomic mass is 10.00. The van der Waals surface area contributed by atoms with Gasteiger partial charge in [-0.3, -0.25) is 10.1 Å². The van der Waals surface area contributed by atoms with E-state index in [0.717, 1.165) is 18.2 Å². The molecule has 0 unspecified atom stereocenters. The van der Waals surface area contributed by atoms with Crippen LogP contribution in [-0.4, -0.2) is 41.3 Å². The van der Waals surface area contributed by atoms with Gasteiger partial charge in [0.15, 0.2) is 23.5 Å². The Balaban J connectivity index is 2.20. The number of Topliss-reactive ketones (excluding diaryl/α,β-unsaturated/α-hetero) is 1. The number of phenols is 1. The van der Waals surface area contributed by atoms with Gasteiger partial charge in [0.1, 0.15) is 0 Å². The van der Waals surface area contributed by atoms with Gasteiger partial charge in [0.2, 0.25) is 0 Å². The number of aromatic hydroxyl groups is 1. The van der Waals surface area contributed by atoms with Gasteiger partial charge in [0.05, 0.1) is 6.10 Å². The van der Waals surface area contributed by atoms with Crippen LogP contribution in [0.25, 0.3) is 0 Å². The topological polar surface area (TPSA) is 122 Å². The van der Waals surface area contributed by atoms with E-state index in [0.29, 0.717) is 17.7 Å². The van der Waals surface area contributed by atoms with Crippen LogP contribution in [0.5, 0.6) is 5.75 Å². The average Bonchev–Trinajstić information content (AvgIpc) is 2.75. The van der Waals surface area contributed by atoms with E-state index < -0.39 is 35.8 Å². The minimum Gasteiger partial charge on any atom is -0.505 e. The van der Waals surface area contributed by atoms with E-state index >= 15 is 0 Å². The quantitative estimate of drug-likeness (QED) is 0.364. The first-order valence-electron chi connectivity index (χ1n) is 9.70. The molecule has 32 heavy (non-hydrogen) atoms. The number of methoxy groups -OCH3 is 1. The Labute approximate surface area is 184 Å². The van der Waals surface area contributed by atoms with Gasteiger partial charge in [-0.2, -0.15) is 0 Å². The number of carboxylic acids is 1. The lowest BCUT2D eigenvalue weighted by Gasteiger charge is -2.26. The number of carbonyl (C=O) groups excluding carboxylic acids is 2. The van der Waals surface area contributed by atoms with E-state index in [-0.39, 0.29) is 17.8 Å². The van der Waals surface area contributed by atoms with Crippen molar-refractivity contribution in [2.75, 3.05) is 12.4 Å². The maximum atomic E-state index is 13.9. The monoisotopic (exact) mass is 445 g/mol. The number of hydrogen-bond donors (Lipinski definition) is 3. The summed E-state index contributed by atoms with van der Waals surface area (Å²) in [4.78, 5) is 34.5. The summed E-state index contributed by atoms with van der Waals surface area (Å²) in [5, 5.41) is 20.7. The number of phenolic OH excluding ortho intramolecular Hbond substituents is 1. The van der Waals surface area contributed by atoms with Crippen molar-refractivity contribution >= 4 is 23.5 Å². The molecule has 0 heterocycles. The van der Waals surface area contributed by atoms with Crippen molar-refractivity contribution in [2.24, 2.45) is 0 Å². The Morgan fingerprint density at radius 1 is 1.16 bits per heavy atom. The summed E-state index contributed by atoms with van der Waals surface area (Å²) < 4.78 is 24.9. The Kier molecular flexibility index (Phi) is 8.91. The van der Waals surface area contributed by atoms with Crippen molar-refractivity contribution < 1.29 is 38.5 Å². The van der Waals surface area contributed by atoms with Crippen molar-refractivity contribution in [1.82, 2.24) is 0 Å². The highest BCUT2D eigenvalue weighted by molar-refractivity contribution is 5.95. The number of aliphatic carboxylic acids is 1. The Morgan fingerprint density at radius 3 is 2.41 bits per heavy atom. The number of anilines is 1. The maximum Gasteiger partial charge on any atom is 0.412 e. The van der Waals surface area contributed by atoms with Gasteiger partial charge in [-0.05, 0) is 61.7 Å². The standard InChI is InChI=1S/C23H24FNO7/c1-14(26)15-7-10-17(11-8-15)25-23(30)32-22(16-9-12-19(27)18(24)13-16)20(31-2)5-3-4-6-21(28)29/h4,6-13,20,22,27H,3,5H2,1-2H3,(H,25,30)(H,28,29)/b6-4+/t20-,22-/m0/s1. The molecule has 0 aliphatic carbocycles. The summed E-state index contributed by atoms with van der Waals surface area (Å²) in [6.45, 7) is 1.43. The average molecular weight is 445 g/mol. The molecule has 0 fully saturated rings. The lowest BCUT2D eigenvalue weighted by Crippen LogP contribution is -2.28. The molecule has 0 bridgehead atoms. The number of ketones is 1. The minimum atomic E-state index is -1.09. The van der Waals surface area contributed by atoms with Crippen LogP contribution in [0.15, 0.2) is 54.6 Å². The summed E-state index contributed by atoms with van der Waals surface area (Å²) in [6, 6.07) is 9.76. The number of hydrogen-bond acceptors (Lipinski definition) is 6. The summed E-state index contributed by atoms with van der Waals surface area (Å²) in [6.07, 6.45) is 0.364. The fraction of sp³-hybridized carbons (Fsp3) is 0.261. The van der Waals surface area contributed by atoms with Gasteiger partial charge in [0, 0.05) is 24.4 Å². The van der Waals surface area contributed by atoms with Crippen LogP contribution >= 0.6 is 0 Å². The predicted octanol–water partition coefficient (Wildman–Crippen LogP) is 4.46. The van der Waals surface area contributed by atoms with E-state index in [9.17, 15) is 23.9 Å². The highest BCUT2D eigenvalue weighted by Gasteiger charge is 2.28. The van der Waals surface area contributed by atoms with Gasteiger partial charge in [0.25, 0.3) is 0 Å². The zero-order chi connectivity index (χ0) is 23.7. The van der Waals surface area contributed by atoms with E-state index in [1.165, 1.54) is 38.3 Å². The minimum absolute atomic E-state index is 0.117. The summed E-state index contributed by atoms with van der Waals surface area (Å²) in [7, 11) is 1.39. The molecule has 170 valence electrons. The Hall–Kier alpha value is -3.72. The molecule has 3 N–H and O–H groups in total. The molecule has 2 atom stereocenters. The summed E-state index contributed by atoms with van der Waals surface area (Å²) in [5.74, 6) is -2.66. The fourth-order valence-electron chi connectivity index (χ4n) is 2.95. The molecule has 0 aliphatic rings. The third-order valence-electron chi connectivity index (χ3n) is 4.59. The maximum absolute atomic E-state index is 13.9. The number of halogens is 1. The van der Waals surface area contributed by atoms with Gasteiger partial charge < -0.3 is 19.7 Å². The van der Waals surface area contributed by atoms with Crippen LogP contribution in [0.1, 0.15) is 41.8 Å². The number of ether oxygens (including phenoxy) is 2. The van der Waals surface area contributed by atoms with E-state index in [1.54, 1.807) is 12.1 Å². The predicted molar refractivity (Wildman–Crippen MR) is 114 cm³/mol. The van der Waals surface area contributed by atoms with Crippen molar-refractivity contribution in [3.05, 3.63) is 71.6 Å². The first kappa shape index (κ1) is 24.5. The number of allylic oxidation sites excluding steroid dienone is 1. The number of carbonyl (C=O) groups is 3. The first-order valence-corrected chi connectivity index (χ1v) is 9.70. The van der Waals surface area contributed by atoms with E-state index in [4.69, 9.17) is 14.6 Å². The Morgan fingerprint density at radius 2 is 1.84 bits per heavy atom. The normalized spacial score (nSPS) is 12.8. The van der Waals surface area contributed by atoms with Crippen LogP contribution in [0.2, 0.25) is 0 Å². The van der Waals surface area contributed by atoms with Crippen molar-refractivity contribution in [2.45, 2.75) is 32.0 Å². The molecule has 0 saturated heterocycles. The Bertz CT molecular complexity index is 988. The van der Waals surface area contributed by atoms with Gasteiger partial charge in [-0.1, -0.05) is 12.1 Å². The number of carboxylic acid groups (broad SMARTS) is 1.